The fraction of sp³-hybridized carbons (Fsp3) is 0.435. The molecule has 0 spiro atoms. The number of benzene rings is 1. The molecule has 4 rings (SSSR count). The Morgan fingerprint density at radius 1 is 1.29 bits per heavy atom. The van der Waals surface area contributed by atoms with Gasteiger partial charge in [0.2, 0.25) is 0 Å². The Bertz CT molecular complexity index is 1280. The lowest BCUT2D eigenvalue weighted by Gasteiger charge is -2.32. The Morgan fingerprint density at radius 2 is 2.00 bits per heavy atom. The van der Waals surface area contributed by atoms with Crippen LogP contribution in [0.15, 0.2) is 46.3 Å². The number of hydrogen-bond acceptors (Lipinski definition) is 4. The van der Waals surface area contributed by atoms with Crippen LogP contribution in [0, 0.1) is 4.78 Å². The first-order valence-electron chi connectivity index (χ1n) is 10.5. The lowest BCUT2D eigenvalue weighted by atomic mass is 9.86. The molecule has 2 N–H and O–H groups in total. The highest BCUT2D eigenvalue weighted by atomic mass is 32.2. The molecular weight excluding hydrogens is 417 g/mol. The average molecular weight is 446 g/mol. The maximum Gasteiger partial charge on any atom is 0.274 e. The van der Waals surface area contributed by atoms with Crippen LogP contribution in [0.2, 0.25) is 0 Å². The van der Waals surface area contributed by atoms with Crippen LogP contribution in [0.25, 0.3) is 22.0 Å². The number of nitrogens with zero attached hydrogens (tertiary/aromatic N) is 1. The SMILES string of the molecule is CCS(=N)(=O)c1ccc(OC2CCC(C)(F)CC2)c(-c2cn(C)c(=O)c3[nH]ccc23)c1. The standard InChI is InChI=1S/C23H28FN3O3S/c1-4-31(25,29)16-5-6-20(30-15-7-10-23(2,24)11-8-15)18(13-16)19-14-27(3)22(28)21-17(19)9-12-26-21/h5-6,9,12-15,25-26H,4,7-8,10-11H2,1-3H3. The summed E-state index contributed by atoms with van der Waals surface area (Å²) in [6.07, 6.45) is 5.46. The van der Waals surface area contributed by atoms with Gasteiger partial charge in [0.1, 0.15) is 16.9 Å². The minimum Gasteiger partial charge on any atom is -0.490 e. The van der Waals surface area contributed by atoms with Crippen molar-refractivity contribution in [2.45, 2.75) is 56.2 Å². The van der Waals surface area contributed by atoms with Crippen molar-refractivity contribution in [3.8, 4) is 16.9 Å². The predicted octanol–water partition coefficient (Wildman–Crippen LogP) is 5.01. The van der Waals surface area contributed by atoms with Crippen molar-refractivity contribution in [3.63, 3.8) is 0 Å². The van der Waals surface area contributed by atoms with Gasteiger partial charge in [-0.3, -0.25) is 4.79 Å². The number of ether oxygens (including phenoxy) is 1. The van der Waals surface area contributed by atoms with Gasteiger partial charge in [-0.25, -0.2) is 13.4 Å². The van der Waals surface area contributed by atoms with E-state index in [1.54, 1.807) is 51.5 Å². The molecule has 1 saturated carbocycles. The average Bonchev–Trinajstić information content (AvgIpc) is 3.23. The van der Waals surface area contributed by atoms with Crippen molar-refractivity contribution in [2.24, 2.45) is 7.05 Å². The molecule has 1 fully saturated rings. The van der Waals surface area contributed by atoms with Gasteiger partial charge in [-0.05, 0) is 56.9 Å². The zero-order chi connectivity index (χ0) is 22.4. The van der Waals surface area contributed by atoms with Crippen molar-refractivity contribution >= 4 is 20.6 Å². The van der Waals surface area contributed by atoms with Gasteiger partial charge in [0, 0.05) is 46.6 Å². The zero-order valence-electron chi connectivity index (χ0n) is 18.0. The lowest BCUT2D eigenvalue weighted by molar-refractivity contribution is 0.0582. The highest BCUT2D eigenvalue weighted by Gasteiger charge is 2.32. The van der Waals surface area contributed by atoms with E-state index in [1.807, 2.05) is 6.07 Å². The molecule has 166 valence electrons. The van der Waals surface area contributed by atoms with Crippen LogP contribution in [0.1, 0.15) is 39.5 Å². The smallest absolute Gasteiger partial charge is 0.274 e. The van der Waals surface area contributed by atoms with E-state index in [-0.39, 0.29) is 17.4 Å². The number of nitrogens with one attached hydrogen (secondary N) is 2. The second-order valence-corrected chi connectivity index (χ2v) is 11.0. The highest BCUT2D eigenvalue weighted by Crippen LogP contribution is 2.39. The molecule has 3 aromatic rings. The van der Waals surface area contributed by atoms with Crippen LogP contribution in [0.4, 0.5) is 4.39 Å². The number of fused-ring (bicyclic) bond motifs is 1. The van der Waals surface area contributed by atoms with E-state index in [9.17, 15) is 13.4 Å². The molecule has 0 bridgehead atoms. The van der Waals surface area contributed by atoms with Gasteiger partial charge >= 0.3 is 0 Å². The van der Waals surface area contributed by atoms with Gasteiger partial charge in [0.15, 0.2) is 0 Å². The Kier molecular flexibility index (Phi) is 5.45. The molecule has 0 aliphatic heterocycles. The van der Waals surface area contributed by atoms with E-state index in [1.165, 1.54) is 4.57 Å². The summed E-state index contributed by atoms with van der Waals surface area (Å²) in [6, 6.07) is 7.00. The maximum absolute atomic E-state index is 14.2. The van der Waals surface area contributed by atoms with Gasteiger partial charge in [0.05, 0.1) is 15.8 Å². The van der Waals surface area contributed by atoms with E-state index in [0.29, 0.717) is 47.4 Å². The van der Waals surface area contributed by atoms with Gasteiger partial charge in [-0.15, -0.1) is 0 Å². The Morgan fingerprint density at radius 3 is 2.68 bits per heavy atom. The third kappa shape index (κ3) is 4.13. The van der Waals surface area contributed by atoms with Crippen LogP contribution >= 0.6 is 0 Å². The first kappa shape index (κ1) is 21.6. The molecule has 2 aromatic heterocycles. The summed E-state index contributed by atoms with van der Waals surface area (Å²) in [7, 11) is -1.25. The lowest BCUT2D eigenvalue weighted by Crippen LogP contribution is -2.31. The molecule has 6 nitrogen and oxygen atoms in total. The normalized spacial score (nSPS) is 23.5. The van der Waals surface area contributed by atoms with Gasteiger partial charge < -0.3 is 14.3 Å². The summed E-state index contributed by atoms with van der Waals surface area (Å²) in [4.78, 5) is 15.9. The summed E-state index contributed by atoms with van der Waals surface area (Å²) < 4.78 is 43.0. The number of rotatable bonds is 5. The molecule has 31 heavy (non-hydrogen) atoms. The number of aromatic amines is 1. The number of aromatic nitrogens is 2. The van der Waals surface area contributed by atoms with Crippen molar-refractivity contribution in [3.05, 3.63) is 47.0 Å². The molecule has 2 heterocycles. The summed E-state index contributed by atoms with van der Waals surface area (Å²) in [5.41, 5.74) is 0.616. The summed E-state index contributed by atoms with van der Waals surface area (Å²) in [6.45, 7) is 3.36. The van der Waals surface area contributed by atoms with E-state index in [0.717, 1.165) is 10.9 Å². The Hall–Kier alpha value is -2.61. The molecule has 1 aliphatic carbocycles. The summed E-state index contributed by atoms with van der Waals surface area (Å²) in [5, 5.41) is 0.734. The van der Waals surface area contributed by atoms with Crippen LogP contribution in [0.3, 0.4) is 0 Å². The number of H-pyrrole nitrogens is 1. The largest absolute Gasteiger partial charge is 0.490 e. The molecule has 0 amide bonds. The van der Waals surface area contributed by atoms with Gasteiger partial charge in [-0.2, -0.15) is 0 Å². The van der Waals surface area contributed by atoms with Crippen molar-refractivity contribution in [1.29, 1.82) is 4.78 Å². The first-order valence-corrected chi connectivity index (χ1v) is 12.3. The number of hydrogen-bond donors (Lipinski definition) is 2. The van der Waals surface area contributed by atoms with Crippen LogP contribution < -0.4 is 10.3 Å². The zero-order valence-corrected chi connectivity index (χ0v) is 18.9. The second-order valence-electron chi connectivity index (χ2n) is 8.58. The van der Waals surface area contributed by atoms with Gasteiger partial charge in [0.25, 0.3) is 5.56 Å². The quantitative estimate of drug-likeness (QED) is 0.579. The number of aryl methyl sites for hydroxylation is 1. The fourth-order valence-electron chi connectivity index (χ4n) is 4.17. The highest BCUT2D eigenvalue weighted by molar-refractivity contribution is 7.92. The minimum atomic E-state index is -2.93. The van der Waals surface area contributed by atoms with E-state index in [2.05, 4.69) is 4.98 Å². The molecule has 1 atom stereocenters. The third-order valence-corrected chi connectivity index (χ3v) is 8.02. The van der Waals surface area contributed by atoms with Crippen LogP contribution in [-0.2, 0) is 16.8 Å². The molecule has 0 radical (unpaired) electrons. The minimum absolute atomic E-state index is 0.116. The summed E-state index contributed by atoms with van der Waals surface area (Å²) >= 11 is 0. The van der Waals surface area contributed by atoms with Crippen molar-refractivity contribution in [2.75, 3.05) is 5.75 Å². The maximum atomic E-state index is 14.2. The molecule has 8 heteroatoms. The molecule has 1 aromatic carbocycles. The first-order chi connectivity index (χ1) is 14.6. The van der Waals surface area contributed by atoms with E-state index in [4.69, 9.17) is 9.52 Å². The number of halogens is 1. The van der Waals surface area contributed by atoms with Crippen LogP contribution in [-0.4, -0.2) is 31.3 Å². The van der Waals surface area contributed by atoms with Crippen molar-refractivity contribution < 1.29 is 13.3 Å². The second kappa shape index (κ2) is 7.82. The van der Waals surface area contributed by atoms with E-state index >= 15 is 0 Å². The van der Waals surface area contributed by atoms with E-state index < -0.39 is 15.4 Å². The molecule has 1 aliphatic rings. The third-order valence-electron chi connectivity index (χ3n) is 6.19. The van der Waals surface area contributed by atoms with Gasteiger partial charge in [-0.1, -0.05) is 6.92 Å². The monoisotopic (exact) mass is 445 g/mol. The van der Waals surface area contributed by atoms with Crippen LogP contribution in [0.5, 0.6) is 5.75 Å². The topological polar surface area (TPSA) is 87.9 Å². The Labute approximate surface area is 181 Å². The molecule has 0 saturated heterocycles. The number of alkyl halides is 1. The molecule has 1 unspecified atom stereocenters. The predicted molar refractivity (Wildman–Crippen MR) is 121 cm³/mol. The number of pyridine rings is 1. The van der Waals surface area contributed by atoms with Crippen molar-refractivity contribution in [1.82, 2.24) is 9.55 Å². The summed E-state index contributed by atoms with van der Waals surface area (Å²) in [5.74, 6) is 0.792. The Balaban J connectivity index is 1.85. The molecular formula is C23H28FN3O3S. The fourth-order valence-corrected chi connectivity index (χ4v) is 5.10.